The lowest BCUT2D eigenvalue weighted by Gasteiger charge is -2.21. The molecule has 0 amide bonds. The van der Waals surface area contributed by atoms with E-state index in [1.54, 1.807) is 20.8 Å². The van der Waals surface area contributed by atoms with Gasteiger partial charge in [-0.15, -0.1) is 0 Å². The topological polar surface area (TPSA) is 69.4 Å². The number of rotatable bonds is 2. The average molecular weight is 173 g/mol. The number of ether oxygens (including phenoxy) is 1. The van der Waals surface area contributed by atoms with Gasteiger partial charge in [0.05, 0.1) is 0 Å². The van der Waals surface area contributed by atoms with E-state index in [1.807, 2.05) is 0 Å². The van der Waals surface area contributed by atoms with E-state index in [0.29, 0.717) is 0 Å². The molecular weight excluding hydrogens is 158 g/mol. The van der Waals surface area contributed by atoms with E-state index in [2.05, 4.69) is 0 Å². The van der Waals surface area contributed by atoms with Gasteiger partial charge in [0.25, 0.3) is 0 Å². The Hall–Kier alpha value is -0.900. The molecule has 0 aromatic heterocycles. The summed E-state index contributed by atoms with van der Waals surface area (Å²) in [6.45, 7) is 6.42. The number of Topliss-reactive ketones (excluding diaryl/α,β-unsaturated/α-hetero) is 1. The summed E-state index contributed by atoms with van der Waals surface area (Å²) >= 11 is 0. The van der Waals surface area contributed by atoms with Crippen LogP contribution in [0.15, 0.2) is 0 Å². The number of hydrogen-bond acceptors (Lipinski definition) is 4. The fourth-order valence-corrected chi connectivity index (χ4v) is 0.531. The van der Waals surface area contributed by atoms with Gasteiger partial charge in [0.2, 0.25) is 0 Å². The first kappa shape index (κ1) is 11.1. The second-order valence-electron chi connectivity index (χ2n) is 3.62. The van der Waals surface area contributed by atoms with Crippen LogP contribution in [0.5, 0.6) is 0 Å². The third kappa shape index (κ3) is 4.08. The molecule has 0 spiro atoms. The summed E-state index contributed by atoms with van der Waals surface area (Å²) in [5, 5.41) is 0. The minimum Gasteiger partial charge on any atom is -0.458 e. The largest absolute Gasteiger partial charge is 0.458 e. The van der Waals surface area contributed by atoms with Gasteiger partial charge in [0.15, 0.2) is 11.8 Å². The standard InChI is InChI=1S/C8H15NO3/c1-5(10)6(9)7(11)12-8(2,3)4/h6H,9H2,1-4H3. The molecule has 0 aliphatic heterocycles. The quantitative estimate of drug-likeness (QED) is 0.480. The Morgan fingerprint density at radius 1 is 1.33 bits per heavy atom. The van der Waals surface area contributed by atoms with E-state index >= 15 is 0 Å². The lowest BCUT2D eigenvalue weighted by Crippen LogP contribution is -2.41. The van der Waals surface area contributed by atoms with Crippen LogP contribution >= 0.6 is 0 Å². The first-order valence-corrected chi connectivity index (χ1v) is 3.73. The third-order valence-corrected chi connectivity index (χ3v) is 1.10. The maximum Gasteiger partial charge on any atom is 0.331 e. The zero-order chi connectivity index (χ0) is 9.94. The Bertz CT molecular complexity index is 193. The number of hydrogen-bond donors (Lipinski definition) is 1. The fourth-order valence-electron chi connectivity index (χ4n) is 0.531. The van der Waals surface area contributed by atoms with Gasteiger partial charge >= 0.3 is 5.97 Å². The highest BCUT2D eigenvalue weighted by molar-refractivity contribution is 6.01. The number of nitrogens with two attached hydrogens (primary N) is 1. The van der Waals surface area contributed by atoms with Crippen molar-refractivity contribution in [2.75, 3.05) is 0 Å². The molecule has 4 nitrogen and oxygen atoms in total. The Morgan fingerprint density at radius 3 is 2.00 bits per heavy atom. The minimum absolute atomic E-state index is 0.385. The molecule has 0 fully saturated rings. The monoisotopic (exact) mass is 173 g/mol. The molecular formula is C8H15NO3. The minimum atomic E-state index is -1.15. The van der Waals surface area contributed by atoms with Crippen LogP contribution in [0.1, 0.15) is 27.7 Å². The van der Waals surface area contributed by atoms with E-state index in [-0.39, 0.29) is 5.78 Å². The van der Waals surface area contributed by atoms with Crippen LogP contribution in [0.25, 0.3) is 0 Å². The van der Waals surface area contributed by atoms with Crippen molar-refractivity contribution in [2.45, 2.75) is 39.3 Å². The molecule has 1 unspecified atom stereocenters. The average Bonchev–Trinajstić information content (AvgIpc) is 1.82. The van der Waals surface area contributed by atoms with Crippen molar-refractivity contribution in [1.29, 1.82) is 0 Å². The molecule has 1 atom stereocenters. The summed E-state index contributed by atoms with van der Waals surface area (Å²) in [5.74, 6) is -1.06. The predicted molar refractivity (Wildman–Crippen MR) is 44.5 cm³/mol. The van der Waals surface area contributed by atoms with Gasteiger partial charge in [-0.1, -0.05) is 0 Å². The Kier molecular flexibility index (Phi) is 3.39. The van der Waals surface area contributed by atoms with Gasteiger partial charge in [-0.2, -0.15) is 0 Å². The Labute approximate surface area is 72.1 Å². The number of carbonyl (C=O) groups is 2. The lowest BCUT2D eigenvalue weighted by molar-refractivity contribution is -0.157. The molecule has 0 radical (unpaired) electrons. The summed E-state index contributed by atoms with van der Waals surface area (Å²) in [7, 11) is 0. The molecule has 0 rings (SSSR count). The molecule has 12 heavy (non-hydrogen) atoms. The van der Waals surface area contributed by atoms with Crippen LogP contribution in [-0.4, -0.2) is 23.4 Å². The lowest BCUT2D eigenvalue weighted by atomic mass is 10.1. The SMILES string of the molecule is CC(=O)C(N)C(=O)OC(C)(C)C. The van der Waals surface area contributed by atoms with E-state index in [4.69, 9.17) is 10.5 Å². The van der Waals surface area contributed by atoms with Crippen molar-refractivity contribution in [2.24, 2.45) is 5.73 Å². The van der Waals surface area contributed by atoms with Crippen LogP contribution < -0.4 is 5.73 Å². The van der Waals surface area contributed by atoms with Crippen molar-refractivity contribution in [3.8, 4) is 0 Å². The van der Waals surface area contributed by atoms with Gasteiger partial charge in [0, 0.05) is 0 Å². The van der Waals surface area contributed by atoms with Crippen LogP contribution in [0.2, 0.25) is 0 Å². The molecule has 0 bridgehead atoms. The van der Waals surface area contributed by atoms with E-state index in [0.717, 1.165) is 0 Å². The number of ketones is 1. The second-order valence-corrected chi connectivity index (χ2v) is 3.62. The van der Waals surface area contributed by atoms with E-state index in [1.165, 1.54) is 6.92 Å². The smallest absolute Gasteiger partial charge is 0.331 e. The molecule has 0 saturated carbocycles. The number of esters is 1. The summed E-state index contributed by atoms with van der Waals surface area (Å²) in [5.41, 5.74) is 4.65. The fraction of sp³-hybridized carbons (Fsp3) is 0.750. The normalized spacial score (nSPS) is 13.8. The van der Waals surface area contributed by atoms with Crippen molar-refractivity contribution in [3.63, 3.8) is 0 Å². The maximum absolute atomic E-state index is 11.0. The Morgan fingerprint density at radius 2 is 1.75 bits per heavy atom. The maximum atomic E-state index is 11.0. The molecule has 70 valence electrons. The molecule has 0 saturated heterocycles. The molecule has 0 aliphatic rings. The van der Waals surface area contributed by atoms with Crippen LogP contribution in [0.3, 0.4) is 0 Å². The molecule has 0 aromatic rings. The van der Waals surface area contributed by atoms with Crippen LogP contribution in [0, 0.1) is 0 Å². The summed E-state index contributed by atoms with van der Waals surface area (Å²) in [4.78, 5) is 21.7. The summed E-state index contributed by atoms with van der Waals surface area (Å²) < 4.78 is 4.88. The first-order valence-electron chi connectivity index (χ1n) is 3.73. The molecule has 0 aromatic carbocycles. The molecule has 0 aliphatic carbocycles. The van der Waals surface area contributed by atoms with Crippen molar-refractivity contribution < 1.29 is 14.3 Å². The predicted octanol–water partition coefficient (Wildman–Crippen LogP) is 0.244. The van der Waals surface area contributed by atoms with Crippen LogP contribution in [0.4, 0.5) is 0 Å². The van der Waals surface area contributed by atoms with Crippen molar-refractivity contribution >= 4 is 11.8 Å². The van der Waals surface area contributed by atoms with Crippen molar-refractivity contribution in [3.05, 3.63) is 0 Å². The summed E-state index contributed by atoms with van der Waals surface area (Å²) in [6.07, 6.45) is 0. The van der Waals surface area contributed by atoms with E-state index in [9.17, 15) is 9.59 Å². The number of carbonyl (C=O) groups excluding carboxylic acids is 2. The molecule has 2 N–H and O–H groups in total. The van der Waals surface area contributed by atoms with Gasteiger partial charge in [-0.05, 0) is 27.7 Å². The molecule has 0 heterocycles. The highest BCUT2D eigenvalue weighted by Gasteiger charge is 2.24. The summed E-state index contributed by atoms with van der Waals surface area (Å²) in [6, 6.07) is -1.15. The molecule has 4 heteroatoms. The van der Waals surface area contributed by atoms with Gasteiger partial charge in [0.1, 0.15) is 5.60 Å². The van der Waals surface area contributed by atoms with E-state index < -0.39 is 17.6 Å². The van der Waals surface area contributed by atoms with Gasteiger partial charge in [-0.3, -0.25) is 4.79 Å². The third-order valence-electron chi connectivity index (χ3n) is 1.10. The van der Waals surface area contributed by atoms with Gasteiger partial charge < -0.3 is 10.5 Å². The highest BCUT2D eigenvalue weighted by Crippen LogP contribution is 2.07. The first-order chi connectivity index (χ1) is 5.24. The Balaban J connectivity index is 4.15. The zero-order valence-corrected chi connectivity index (χ0v) is 7.88. The van der Waals surface area contributed by atoms with Crippen molar-refractivity contribution in [1.82, 2.24) is 0 Å². The zero-order valence-electron chi connectivity index (χ0n) is 7.88. The van der Waals surface area contributed by atoms with Gasteiger partial charge in [-0.25, -0.2) is 4.79 Å². The second kappa shape index (κ2) is 3.67. The highest BCUT2D eigenvalue weighted by atomic mass is 16.6. The van der Waals surface area contributed by atoms with Crippen LogP contribution in [-0.2, 0) is 14.3 Å².